The number of rotatable bonds is 12. The van der Waals surface area contributed by atoms with Gasteiger partial charge in [0, 0.05) is 29.5 Å². The molecule has 7 rings (SSSR count). The van der Waals surface area contributed by atoms with Crippen molar-refractivity contribution in [1.29, 1.82) is 0 Å². The molecule has 0 saturated heterocycles. The predicted molar refractivity (Wildman–Crippen MR) is 190 cm³/mol. The third-order valence-electron chi connectivity index (χ3n) is 8.03. The molecule has 0 aliphatic heterocycles. The van der Waals surface area contributed by atoms with Crippen molar-refractivity contribution in [2.75, 3.05) is 18.1 Å². The molecule has 0 aliphatic carbocycles. The normalized spacial score (nSPS) is 10.9. The molecule has 10 nitrogen and oxygen atoms in total. The number of aromatic amines is 1. The fourth-order valence-corrected chi connectivity index (χ4v) is 5.54. The third kappa shape index (κ3) is 7.39. The van der Waals surface area contributed by atoms with Crippen LogP contribution in [-0.2, 0) is 22.7 Å². The Balaban J connectivity index is 1.22. The number of carbonyl (C=O) groups excluding carboxylic acids is 2. The number of benzene rings is 5. The van der Waals surface area contributed by atoms with Gasteiger partial charge >= 0.3 is 0 Å². The van der Waals surface area contributed by atoms with Crippen LogP contribution in [0.25, 0.3) is 33.2 Å². The highest BCUT2D eigenvalue weighted by atomic mass is 16.5. The first kappa shape index (κ1) is 31.1. The van der Waals surface area contributed by atoms with Gasteiger partial charge in [-0.3, -0.25) is 14.7 Å². The quantitative estimate of drug-likeness (QED) is 0.142. The summed E-state index contributed by atoms with van der Waals surface area (Å²) >= 11 is 0. The van der Waals surface area contributed by atoms with E-state index in [0.717, 1.165) is 33.1 Å². The molecule has 0 bridgehead atoms. The maximum atomic E-state index is 13.6. The lowest BCUT2D eigenvalue weighted by Crippen LogP contribution is -2.35. The Morgan fingerprint density at radius 3 is 2.16 bits per heavy atom. The largest absolute Gasteiger partial charge is 0.483 e. The zero-order chi connectivity index (χ0) is 33.4. The molecule has 0 radical (unpaired) electrons. The second-order valence-electron chi connectivity index (χ2n) is 11.4. The molecule has 0 aliphatic rings. The summed E-state index contributed by atoms with van der Waals surface area (Å²) in [4.78, 5) is 38.1. The minimum Gasteiger partial charge on any atom is -0.483 e. The minimum absolute atomic E-state index is 0.00360. The summed E-state index contributed by atoms with van der Waals surface area (Å²) < 4.78 is 6.04. The molecule has 10 heteroatoms. The summed E-state index contributed by atoms with van der Waals surface area (Å²) in [6, 6.07) is 40.4. The fraction of sp³-hybridized carbons (Fsp3) is 0.103. The number of amides is 2. The first-order valence-electron chi connectivity index (χ1n) is 15.9. The smallest absolute Gasteiger partial charge is 0.258 e. The van der Waals surface area contributed by atoms with Gasteiger partial charge in [-0.05, 0) is 53.6 Å². The van der Waals surface area contributed by atoms with Crippen LogP contribution in [0.5, 0.6) is 5.75 Å². The van der Waals surface area contributed by atoms with E-state index >= 15 is 0 Å². The second kappa shape index (κ2) is 14.5. The Hall–Kier alpha value is -6.55. The molecule has 0 unspecified atom stereocenters. The van der Waals surface area contributed by atoms with Crippen LogP contribution in [-0.4, -0.2) is 45.1 Å². The van der Waals surface area contributed by atoms with E-state index in [2.05, 4.69) is 20.8 Å². The Morgan fingerprint density at radius 1 is 0.714 bits per heavy atom. The van der Waals surface area contributed by atoms with Crippen LogP contribution in [0.3, 0.4) is 0 Å². The molecule has 49 heavy (non-hydrogen) atoms. The number of hydrogen-bond acceptors (Lipinski definition) is 7. The summed E-state index contributed by atoms with van der Waals surface area (Å²) in [5.41, 5.74) is 4.95. The molecule has 3 N–H and O–H groups in total. The first-order valence-corrected chi connectivity index (χ1v) is 15.9. The van der Waals surface area contributed by atoms with Crippen molar-refractivity contribution >= 4 is 45.1 Å². The SMILES string of the molecule is O=C(COc1ccccc1-c1nc(N(CC(=O)NCc2ccccc2)c2ccc3[nH]ncc3c2)c2ccccc2n1)NCc1ccccc1. The van der Waals surface area contributed by atoms with E-state index in [9.17, 15) is 9.59 Å². The topological polar surface area (TPSA) is 125 Å². The molecule has 0 fully saturated rings. The van der Waals surface area contributed by atoms with Crippen molar-refractivity contribution < 1.29 is 14.3 Å². The highest BCUT2D eigenvalue weighted by molar-refractivity contribution is 5.97. The molecule has 5 aromatic carbocycles. The van der Waals surface area contributed by atoms with Gasteiger partial charge in [-0.15, -0.1) is 0 Å². The van der Waals surface area contributed by atoms with Gasteiger partial charge in [0.05, 0.1) is 22.8 Å². The number of nitrogens with one attached hydrogen (secondary N) is 3. The number of H-pyrrole nitrogens is 1. The van der Waals surface area contributed by atoms with Crippen LogP contribution in [0.1, 0.15) is 11.1 Å². The van der Waals surface area contributed by atoms with E-state index in [1.165, 1.54) is 0 Å². The summed E-state index contributed by atoms with van der Waals surface area (Å²) in [6.07, 6.45) is 1.75. The molecule has 7 aromatic rings. The van der Waals surface area contributed by atoms with Gasteiger partial charge in [-0.25, -0.2) is 9.97 Å². The Morgan fingerprint density at radius 2 is 1.39 bits per heavy atom. The van der Waals surface area contributed by atoms with Crippen molar-refractivity contribution in [2.24, 2.45) is 0 Å². The standard InChI is InChI=1S/C39H33N7O3/c47-36(40-22-27-11-3-1-4-12-27)25-46(30-19-20-33-29(21-30)24-42-45-33)39-31-15-7-9-17-34(31)43-38(44-39)32-16-8-10-18-35(32)49-26-37(48)41-23-28-13-5-2-6-14-28/h1-21,24H,22-23,25-26H2,(H,40,47)(H,41,48)(H,42,45). The van der Waals surface area contributed by atoms with E-state index in [1.54, 1.807) is 12.3 Å². The number of hydrogen-bond donors (Lipinski definition) is 3. The highest BCUT2D eigenvalue weighted by Gasteiger charge is 2.22. The van der Waals surface area contributed by atoms with Crippen molar-refractivity contribution in [3.63, 3.8) is 0 Å². The monoisotopic (exact) mass is 647 g/mol. The zero-order valence-electron chi connectivity index (χ0n) is 26.5. The Kier molecular flexibility index (Phi) is 9.18. The third-order valence-corrected chi connectivity index (χ3v) is 8.03. The van der Waals surface area contributed by atoms with Crippen molar-refractivity contribution in [1.82, 2.24) is 30.8 Å². The van der Waals surface area contributed by atoms with E-state index in [-0.39, 0.29) is 25.0 Å². The number of para-hydroxylation sites is 2. The number of anilines is 2. The van der Waals surface area contributed by atoms with E-state index in [4.69, 9.17) is 14.7 Å². The predicted octanol–water partition coefficient (Wildman–Crippen LogP) is 6.32. The summed E-state index contributed by atoms with van der Waals surface area (Å²) in [5, 5.41) is 14.8. The number of nitrogens with zero attached hydrogens (tertiary/aromatic N) is 4. The minimum atomic E-state index is -0.249. The number of aromatic nitrogens is 4. The number of fused-ring (bicyclic) bond motifs is 2. The average molecular weight is 648 g/mol. The molecular weight excluding hydrogens is 614 g/mol. The summed E-state index contributed by atoms with van der Waals surface area (Å²) in [7, 11) is 0. The van der Waals surface area contributed by atoms with Gasteiger partial charge in [-0.2, -0.15) is 5.10 Å². The maximum Gasteiger partial charge on any atom is 0.258 e. The lowest BCUT2D eigenvalue weighted by atomic mass is 10.1. The van der Waals surface area contributed by atoms with Crippen LogP contribution >= 0.6 is 0 Å². The van der Waals surface area contributed by atoms with Gasteiger partial charge < -0.3 is 20.3 Å². The fourth-order valence-electron chi connectivity index (χ4n) is 5.54. The number of carbonyl (C=O) groups is 2. The van der Waals surface area contributed by atoms with Crippen LogP contribution in [0.2, 0.25) is 0 Å². The number of ether oxygens (including phenoxy) is 1. The van der Waals surface area contributed by atoms with Crippen LogP contribution in [0.15, 0.2) is 134 Å². The molecule has 2 heterocycles. The van der Waals surface area contributed by atoms with Crippen molar-refractivity contribution in [3.05, 3.63) is 145 Å². The van der Waals surface area contributed by atoms with Gasteiger partial charge in [-0.1, -0.05) is 84.9 Å². The lowest BCUT2D eigenvalue weighted by Gasteiger charge is -2.25. The van der Waals surface area contributed by atoms with Gasteiger partial charge in [0.1, 0.15) is 18.1 Å². The molecule has 0 atom stereocenters. The highest BCUT2D eigenvalue weighted by Crippen LogP contribution is 2.35. The summed E-state index contributed by atoms with van der Waals surface area (Å²) in [6.45, 7) is 0.619. The average Bonchev–Trinajstić information content (AvgIpc) is 3.63. The first-order chi connectivity index (χ1) is 24.1. The van der Waals surface area contributed by atoms with Gasteiger partial charge in [0.25, 0.3) is 5.91 Å². The molecular formula is C39H33N7O3. The molecule has 0 spiro atoms. The molecule has 242 valence electrons. The Labute approximate surface area is 282 Å². The van der Waals surface area contributed by atoms with E-state index in [1.807, 2.05) is 126 Å². The molecule has 0 saturated carbocycles. The van der Waals surface area contributed by atoms with Crippen LogP contribution in [0.4, 0.5) is 11.5 Å². The lowest BCUT2D eigenvalue weighted by molar-refractivity contribution is -0.123. The van der Waals surface area contributed by atoms with E-state index in [0.29, 0.717) is 41.6 Å². The summed E-state index contributed by atoms with van der Waals surface area (Å²) in [5.74, 6) is 0.985. The molecule has 2 aromatic heterocycles. The maximum absolute atomic E-state index is 13.6. The second-order valence-corrected chi connectivity index (χ2v) is 11.4. The van der Waals surface area contributed by atoms with Gasteiger partial charge in [0.2, 0.25) is 5.91 Å². The van der Waals surface area contributed by atoms with Crippen LogP contribution < -0.4 is 20.3 Å². The molecule has 2 amide bonds. The van der Waals surface area contributed by atoms with Gasteiger partial charge in [0.15, 0.2) is 12.4 Å². The van der Waals surface area contributed by atoms with Crippen molar-refractivity contribution in [3.8, 4) is 17.1 Å². The van der Waals surface area contributed by atoms with Crippen LogP contribution in [0, 0.1) is 0 Å². The Bertz CT molecular complexity index is 2220. The van der Waals surface area contributed by atoms with Crippen molar-refractivity contribution in [2.45, 2.75) is 13.1 Å². The zero-order valence-corrected chi connectivity index (χ0v) is 26.5. The van der Waals surface area contributed by atoms with E-state index < -0.39 is 0 Å².